The first-order valence-electron chi connectivity index (χ1n) is 9.30. The predicted octanol–water partition coefficient (Wildman–Crippen LogP) is 3.49. The molecule has 1 aromatic carbocycles. The molecule has 2 N–H and O–H groups in total. The quantitative estimate of drug-likeness (QED) is 0.930. The molecule has 4 nitrogen and oxygen atoms in total. The highest BCUT2D eigenvalue weighted by atomic mass is 16.1. The van der Waals surface area contributed by atoms with Gasteiger partial charge in [-0.3, -0.25) is 14.7 Å². The van der Waals surface area contributed by atoms with Crippen molar-refractivity contribution >= 4 is 5.91 Å². The molecule has 130 valence electrons. The smallest absolute Gasteiger partial charge is 0.250 e. The average Bonchev–Trinajstić information content (AvgIpc) is 3.31. The average molecular weight is 335 g/mol. The van der Waals surface area contributed by atoms with Crippen LogP contribution in [0.25, 0.3) is 11.3 Å². The van der Waals surface area contributed by atoms with Crippen LogP contribution in [0.2, 0.25) is 0 Å². The van der Waals surface area contributed by atoms with E-state index in [0.717, 1.165) is 49.3 Å². The molecule has 1 unspecified atom stereocenters. The van der Waals surface area contributed by atoms with Gasteiger partial charge in [0, 0.05) is 17.3 Å². The van der Waals surface area contributed by atoms with Crippen LogP contribution in [-0.4, -0.2) is 28.9 Å². The van der Waals surface area contributed by atoms with Gasteiger partial charge in [-0.05, 0) is 75.4 Å². The first-order chi connectivity index (χ1) is 12.1. The number of primary amides is 1. The summed E-state index contributed by atoms with van der Waals surface area (Å²) in [5.74, 6) is -0.393. The number of hydrogen-bond acceptors (Lipinski definition) is 3. The zero-order chi connectivity index (χ0) is 17.4. The Hall–Kier alpha value is -2.20. The first kappa shape index (κ1) is 16.3. The van der Waals surface area contributed by atoms with Gasteiger partial charge in [0.1, 0.15) is 0 Å². The van der Waals surface area contributed by atoms with Gasteiger partial charge in [0.15, 0.2) is 0 Å². The van der Waals surface area contributed by atoms with E-state index in [-0.39, 0.29) is 0 Å². The number of nitrogens with zero attached hydrogens (tertiary/aromatic N) is 2. The van der Waals surface area contributed by atoms with E-state index >= 15 is 0 Å². The summed E-state index contributed by atoms with van der Waals surface area (Å²) in [6, 6.07) is 10.8. The summed E-state index contributed by atoms with van der Waals surface area (Å²) < 4.78 is 0. The number of likely N-dealkylation sites (tertiary alicyclic amines) is 1. The van der Waals surface area contributed by atoms with Crippen LogP contribution in [0.5, 0.6) is 0 Å². The van der Waals surface area contributed by atoms with Crippen molar-refractivity contribution in [1.82, 2.24) is 9.88 Å². The van der Waals surface area contributed by atoms with Gasteiger partial charge in [0.25, 0.3) is 5.91 Å². The number of pyridine rings is 1. The molecule has 0 bridgehead atoms. The van der Waals surface area contributed by atoms with Crippen LogP contribution in [0.15, 0.2) is 30.3 Å². The second kappa shape index (κ2) is 6.60. The van der Waals surface area contributed by atoms with Crippen molar-refractivity contribution in [1.29, 1.82) is 0 Å². The van der Waals surface area contributed by atoms with Gasteiger partial charge in [0.2, 0.25) is 0 Å². The van der Waals surface area contributed by atoms with E-state index in [0.29, 0.717) is 11.6 Å². The summed E-state index contributed by atoms with van der Waals surface area (Å²) in [4.78, 5) is 19.3. The normalized spacial score (nSPS) is 18.3. The van der Waals surface area contributed by atoms with Crippen molar-refractivity contribution in [2.75, 3.05) is 13.1 Å². The maximum Gasteiger partial charge on any atom is 0.250 e. The molecule has 0 radical (unpaired) electrons. The van der Waals surface area contributed by atoms with Gasteiger partial charge in [-0.1, -0.05) is 18.2 Å². The molecule has 1 atom stereocenters. The van der Waals surface area contributed by atoms with Crippen LogP contribution in [0.1, 0.15) is 59.4 Å². The molecular formula is C21H25N3O. The number of aryl methyl sites for hydroxylation is 2. The molecule has 1 aliphatic heterocycles. The highest BCUT2D eigenvalue weighted by molar-refractivity contribution is 5.99. The molecule has 4 heteroatoms. The number of rotatable bonds is 4. The summed E-state index contributed by atoms with van der Waals surface area (Å²) in [7, 11) is 0. The largest absolute Gasteiger partial charge is 0.366 e. The van der Waals surface area contributed by atoms with E-state index in [4.69, 9.17) is 10.7 Å². The second-order valence-corrected chi connectivity index (χ2v) is 7.25. The lowest BCUT2D eigenvalue weighted by atomic mass is 9.98. The Labute approximate surface area is 149 Å². The second-order valence-electron chi connectivity index (χ2n) is 7.25. The number of carbonyl (C=O) groups is 1. The molecule has 1 aliphatic carbocycles. The third-order valence-electron chi connectivity index (χ3n) is 5.65. The predicted molar refractivity (Wildman–Crippen MR) is 99.4 cm³/mol. The van der Waals surface area contributed by atoms with Crippen molar-refractivity contribution < 1.29 is 4.79 Å². The van der Waals surface area contributed by atoms with Crippen molar-refractivity contribution in [3.63, 3.8) is 0 Å². The Balaban J connectivity index is 1.75. The number of amides is 1. The van der Waals surface area contributed by atoms with Gasteiger partial charge in [0.05, 0.1) is 11.3 Å². The monoisotopic (exact) mass is 335 g/mol. The van der Waals surface area contributed by atoms with Crippen molar-refractivity contribution in [3.05, 3.63) is 52.7 Å². The number of hydrogen-bond donors (Lipinski definition) is 1. The third-order valence-corrected chi connectivity index (χ3v) is 5.65. The maximum absolute atomic E-state index is 12.0. The first-order valence-corrected chi connectivity index (χ1v) is 9.30. The lowest BCUT2D eigenvalue weighted by Crippen LogP contribution is -2.23. The van der Waals surface area contributed by atoms with Crippen molar-refractivity contribution in [2.45, 2.75) is 45.1 Å². The van der Waals surface area contributed by atoms with Crippen LogP contribution in [-0.2, 0) is 12.8 Å². The van der Waals surface area contributed by atoms with Gasteiger partial charge < -0.3 is 5.73 Å². The lowest BCUT2D eigenvalue weighted by molar-refractivity contribution is 0.100. The number of benzene rings is 1. The van der Waals surface area contributed by atoms with E-state index in [1.165, 1.54) is 24.0 Å². The van der Waals surface area contributed by atoms with Gasteiger partial charge in [-0.25, -0.2) is 0 Å². The molecule has 1 saturated heterocycles. The van der Waals surface area contributed by atoms with Gasteiger partial charge >= 0.3 is 0 Å². The molecular weight excluding hydrogens is 310 g/mol. The van der Waals surface area contributed by atoms with Crippen LogP contribution in [0, 0.1) is 0 Å². The Morgan fingerprint density at radius 2 is 1.96 bits per heavy atom. The van der Waals surface area contributed by atoms with E-state index in [9.17, 15) is 4.79 Å². The minimum absolute atomic E-state index is 0.383. The molecule has 1 fully saturated rings. The highest BCUT2D eigenvalue weighted by Crippen LogP contribution is 2.31. The minimum Gasteiger partial charge on any atom is -0.366 e. The number of aromatic nitrogens is 1. The Kier molecular flexibility index (Phi) is 4.30. The zero-order valence-electron chi connectivity index (χ0n) is 14.8. The van der Waals surface area contributed by atoms with E-state index in [2.05, 4.69) is 30.0 Å². The van der Waals surface area contributed by atoms with Crippen molar-refractivity contribution in [3.8, 4) is 11.3 Å². The summed E-state index contributed by atoms with van der Waals surface area (Å²) in [6.45, 7) is 4.58. The standard InChI is InChI=1S/C21H25N3O/c1-14(24-10-2-3-11-24)15-6-4-8-17(12-15)20-18(21(22)25)13-16-7-5-9-19(16)23-20/h4,6,8,12-14H,2-3,5,7,9-11H2,1H3,(H2,22,25). The fraction of sp³-hybridized carbons (Fsp3) is 0.429. The molecule has 4 rings (SSSR count). The summed E-state index contributed by atoms with van der Waals surface area (Å²) in [6.07, 6.45) is 5.65. The molecule has 1 aromatic heterocycles. The number of carbonyl (C=O) groups excluding carboxylic acids is 1. The third kappa shape index (κ3) is 3.07. The van der Waals surface area contributed by atoms with E-state index in [1.54, 1.807) is 0 Å². The molecule has 2 heterocycles. The summed E-state index contributed by atoms with van der Waals surface area (Å²) >= 11 is 0. The fourth-order valence-corrected chi connectivity index (χ4v) is 4.17. The SMILES string of the molecule is CC(c1cccc(-c2nc3c(cc2C(N)=O)CCC3)c1)N1CCCC1. The van der Waals surface area contributed by atoms with Crippen molar-refractivity contribution in [2.24, 2.45) is 5.73 Å². The number of fused-ring (bicyclic) bond motifs is 1. The Morgan fingerprint density at radius 3 is 2.72 bits per heavy atom. The topological polar surface area (TPSA) is 59.2 Å². The van der Waals surface area contributed by atoms with Crippen LogP contribution in [0.3, 0.4) is 0 Å². The minimum atomic E-state index is -0.393. The van der Waals surface area contributed by atoms with E-state index < -0.39 is 5.91 Å². The molecule has 25 heavy (non-hydrogen) atoms. The Morgan fingerprint density at radius 1 is 1.16 bits per heavy atom. The van der Waals surface area contributed by atoms with Crippen LogP contribution in [0.4, 0.5) is 0 Å². The zero-order valence-corrected chi connectivity index (χ0v) is 14.8. The fourth-order valence-electron chi connectivity index (χ4n) is 4.17. The molecule has 0 spiro atoms. The van der Waals surface area contributed by atoms with E-state index in [1.807, 2.05) is 12.1 Å². The van der Waals surface area contributed by atoms with Crippen LogP contribution < -0.4 is 5.73 Å². The highest BCUT2D eigenvalue weighted by Gasteiger charge is 2.22. The van der Waals surface area contributed by atoms with Gasteiger partial charge in [-0.2, -0.15) is 0 Å². The lowest BCUT2D eigenvalue weighted by Gasteiger charge is -2.24. The summed E-state index contributed by atoms with van der Waals surface area (Å²) in [5.41, 5.74) is 11.5. The van der Waals surface area contributed by atoms with Gasteiger partial charge in [-0.15, -0.1) is 0 Å². The number of nitrogens with two attached hydrogens (primary N) is 1. The maximum atomic E-state index is 12.0. The molecule has 0 saturated carbocycles. The van der Waals surface area contributed by atoms with Crippen LogP contribution >= 0.6 is 0 Å². The Bertz CT molecular complexity index is 809. The summed E-state index contributed by atoms with van der Waals surface area (Å²) in [5, 5.41) is 0. The molecule has 1 amide bonds. The molecule has 2 aromatic rings. The molecule has 2 aliphatic rings.